The second kappa shape index (κ2) is 11.0. The number of amides is 2. The van der Waals surface area contributed by atoms with Gasteiger partial charge in [0.15, 0.2) is 11.5 Å². The summed E-state index contributed by atoms with van der Waals surface area (Å²) in [5.41, 5.74) is 3.17. The molecule has 32 heavy (non-hydrogen) atoms. The molecule has 172 valence electrons. The number of hydrogen-bond acceptors (Lipinski definition) is 4. The highest BCUT2D eigenvalue weighted by atomic mass is 16.7. The lowest BCUT2D eigenvalue weighted by molar-refractivity contribution is -0.141. The third-order valence-corrected chi connectivity index (χ3v) is 5.89. The van der Waals surface area contributed by atoms with Crippen LogP contribution < -0.4 is 14.8 Å². The third-order valence-electron chi connectivity index (χ3n) is 5.89. The summed E-state index contributed by atoms with van der Waals surface area (Å²) in [4.78, 5) is 28.1. The van der Waals surface area contributed by atoms with E-state index in [9.17, 15) is 9.59 Å². The van der Waals surface area contributed by atoms with E-state index >= 15 is 0 Å². The Balaban J connectivity index is 1.76. The Morgan fingerprint density at radius 3 is 2.53 bits per heavy atom. The van der Waals surface area contributed by atoms with E-state index in [0.717, 1.165) is 28.9 Å². The van der Waals surface area contributed by atoms with Crippen molar-refractivity contribution < 1.29 is 19.1 Å². The summed E-state index contributed by atoms with van der Waals surface area (Å²) in [7, 11) is 0. The molecule has 3 rings (SSSR count). The normalized spacial score (nSPS) is 14.0. The second-order valence-electron chi connectivity index (χ2n) is 8.44. The average molecular weight is 439 g/mol. The van der Waals surface area contributed by atoms with Crippen molar-refractivity contribution in [1.82, 2.24) is 10.2 Å². The van der Waals surface area contributed by atoms with Gasteiger partial charge in [-0.3, -0.25) is 9.59 Å². The average Bonchev–Trinajstić information content (AvgIpc) is 3.25. The highest BCUT2D eigenvalue weighted by molar-refractivity contribution is 5.88. The fraction of sp³-hybridized carbons (Fsp3) is 0.462. The predicted octanol–water partition coefficient (Wildman–Crippen LogP) is 4.38. The molecular formula is C26H34N2O4. The number of ether oxygens (including phenoxy) is 2. The van der Waals surface area contributed by atoms with Gasteiger partial charge in [0.25, 0.3) is 0 Å². The lowest BCUT2D eigenvalue weighted by Crippen LogP contribution is -2.50. The maximum Gasteiger partial charge on any atom is 0.243 e. The van der Waals surface area contributed by atoms with Gasteiger partial charge in [-0.1, -0.05) is 49.7 Å². The van der Waals surface area contributed by atoms with Crippen molar-refractivity contribution in [2.75, 3.05) is 6.79 Å². The fourth-order valence-corrected chi connectivity index (χ4v) is 3.86. The van der Waals surface area contributed by atoms with Crippen molar-refractivity contribution >= 4 is 11.8 Å². The molecule has 0 saturated heterocycles. The van der Waals surface area contributed by atoms with Crippen LogP contribution in [0, 0.1) is 6.92 Å². The largest absolute Gasteiger partial charge is 0.454 e. The van der Waals surface area contributed by atoms with Crippen molar-refractivity contribution in [3.8, 4) is 11.5 Å². The molecule has 0 aliphatic carbocycles. The first kappa shape index (κ1) is 23.6. The van der Waals surface area contributed by atoms with E-state index in [1.54, 1.807) is 4.90 Å². The third kappa shape index (κ3) is 6.02. The van der Waals surface area contributed by atoms with Crippen LogP contribution in [0.2, 0.25) is 0 Å². The molecule has 6 heteroatoms. The molecule has 2 atom stereocenters. The molecule has 2 amide bonds. The number of rotatable bonds is 10. The van der Waals surface area contributed by atoms with Crippen LogP contribution in [-0.4, -0.2) is 35.6 Å². The van der Waals surface area contributed by atoms with Gasteiger partial charge in [0, 0.05) is 19.0 Å². The highest BCUT2D eigenvalue weighted by Gasteiger charge is 2.29. The van der Waals surface area contributed by atoms with Gasteiger partial charge in [0.1, 0.15) is 6.04 Å². The molecule has 1 aliphatic heterocycles. The molecule has 1 aliphatic rings. The Bertz CT molecular complexity index is 943. The van der Waals surface area contributed by atoms with Crippen LogP contribution in [0.15, 0.2) is 42.5 Å². The summed E-state index contributed by atoms with van der Waals surface area (Å²) in [5, 5.41) is 3.05. The Labute approximate surface area is 190 Å². The highest BCUT2D eigenvalue weighted by Crippen LogP contribution is 2.32. The number of hydrogen-bond donors (Lipinski definition) is 1. The molecule has 6 nitrogen and oxygen atoms in total. The summed E-state index contributed by atoms with van der Waals surface area (Å²) in [5.74, 6) is 1.32. The van der Waals surface area contributed by atoms with E-state index in [2.05, 4.69) is 11.4 Å². The zero-order valence-corrected chi connectivity index (χ0v) is 19.5. The van der Waals surface area contributed by atoms with Gasteiger partial charge in [-0.25, -0.2) is 0 Å². The summed E-state index contributed by atoms with van der Waals surface area (Å²) in [6.07, 6.45) is 2.30. The van der Waals surface area contributed by atoms with Crippen LogP contribution in [0.3, 0.4) is 0 Å². The number of nitrogens with zero attached hydrogens (tertiary/aromatic N) is 1. The van der Waals surface area contributed by atoms with Gasteiger partial charge in [0.2, 0.25) is 18.6 Å². The van der Waals surface area contributed by atoms with Crippen molar-refractivity contribution in [3.63, 3.8) is 0 Å². The van der Waals surface area contributed by atoms with Crippen molar-refractivity contribution in [2.45, 2.75) is 72.0 Å². The number of benzene rings is 2. The monoisotopic (exact) mass is 438 g/mol. The molecule has 0 bridgehead atoms. The van der Waals surface area contributed by atoms with E-state index < -0.39 is 6.04 Å². The minimum atomic E-state index is -0.506. The van der Waals surface area contributed by atoms with Gasteiger partial charge in [0.05, 0.1) is 0 Å². The zero-order valence-electron chi connectivity index (χ0n) is 19.5. The predicted molar refractivity (Wildman–Crippen MR) is 125 cm³/mol. The van der Waals surface area contributed by atoms with Crippen molar-refractivity contribution in [1.29, 1.82) is 0 Å². The zero-order chi connectivity index (χ0) is 23.1. The molecule has 0 radical (unpaired) electrons. The first-order chi connectivity index (χ1) is 15.4. The maximum atomic E-state index is 13.4. The quantitative estimate of drug-likeness (QED) is 0.598. The van der Waals surface area contributed by atoms with E-state index in [4.69, 9.17) is 9.47 Å². The molecular weight excluding hydrogens is 404 g/mol. The van der Waals surface area contributed by atoms with Crippen molar-refractivity contribution in [3.05, 3.63) is 59.2 Å². The SMILES string of the molecule is CC[C@H](C(=O)N[C@@H](C)CC)N(Cc1cccc(C)c1)C(=O)CCc1ccc2c(c1)OCO2. The molecule has 0 fully saturated rings. The molecule has 1 N–H and O–H groups in total. The molecule has 1 heterocycles. The number of carbonyl (C=O) groups excluding carboxylic acids is 2. The van der Waals surface area contributed by atoms with Gasteiger partial charge in [-0.15, -0.1) is 0 Å². The topological polar surface area (TPSA) is 67.9 Å². The summed E-state index contributed by atoms with van der Waals surface area (Å²) < 4.78 is 10.8. The first-order valence-corrected chi connectivity index (χ1v) is 11.4. The smallest absolute Gasteiger partial charge is 0.243 e. The first-order valence-electron chi connectivity index (χ1n) is 11.4. The van der Waals surface area contributed by atoms with E-state index in [0.29, 0.717) is 31.6 Å². The number of aryl methyl sites for hydroxylation is 2. The Hall–Kier alpha value is -3.02. The van der Waals surface area contributed by atoms with Gasteiger partial charge in [-0.05, 0) is 56.4 Å². The van der Waals surface area contributed by atoms with Crippen LogP contribution in [-0.2, 0) is 22.6 Å². The lowest BCUT2D eigenvalue weighted by Gasteiger charge is -2.31. The van der Waals surface area contributed by atoms with E-state index in [1.165, 1.54) is 0 Å². The Morgan fingerprint density at radius 1 is 1.03 bits per heavy atom. The molecule has 2 aromatic carbocycles. The molecule has 0 unspecified atom stereocenters. The van der Waals surface area contributed by atoms with Crippen LogP contribution in [0.25, 0.3) is 0 Å². The minimum Gasteiger partial charge on any atom is -0.454 e. The number of fused-ring (bicyclic) bond motifs is 1. The number of carbonyl (C=O) groups is 2. The van der Waals surface area contributed by atoms with Crippen molar-refractivity contribution in [2.24, 2.45) is 0 Å². The van der Waals surface area contributed by atoms with Crippen LogP contribution in [0.5, 0.6) is 11.5 Å². The lowest BCUT2D eigenvalue weighted by atomic mass is 10.0. The van der Waals surface area contributed by atoms with Gasteiger partial charge in [-0.2, -0.15) is 0 Å². The molecule has 0 saturated carbocycles. The summed E-state index contributed by atoms with van der Waals surface area (Å²) >= 11 is 0. The summed E-state index contributed by atoms with van der Waals surface area (Å²) in [6, 6.07) is 13.4. The van der Waals surface area contributed by atoms with Gasteiger partial charge >= 0.3 is 0 Å². The molecule has 0 aromatic heterocycles. The Morgan fingerprint density at radius 2 is 1.81 bits per heavy atom. The minimum absolute atomic E-state index is 0.0321. The van der Waals surface area contributed by atoms with E-state index in [1.807, 2.05) is 64.1 Å². The maximum absolute atomic E-state index is 13.4. The molecule has 0 spiro atoms. The van der Waals surface area contributed by atoms with Gasteiger partial charge < -0.3 is 19.7 Å². The van der Waals surface area contributed by atoms with Crippen LogP contribution >= 0.6 is 0 Å². The second-order valence-corrected chi connectivity index (χ2v) is 8.44. The standard InChI is InChI=1S/C26H34N2O4/c1-5-19(4)27-26(30)22(6-2)28(16-21-9-7-8-18(3)14-21)25(29)13-11-20-10-12-23-24(15-20)32-17-31-23/h7-10,12,14-15,19,22H,5-6,11,13,16-17H2,1-4H3,(H,27,30)/t19-,22+/m0/s1. The van der Waals surface area contributed by atoms with Crippen LogP contribution in [0.4, 0.5) is 0 Å². The van der Waals surface area contributed by atoms with E-state index in [-0.39, 0.29) is 24.6 Å². The van der Waals surface area contributed by atoms with Crippen LogP contribution in [0.1, 0.15) is 56.7 Å². The molecule has 2 aromatic rings. The Kier molecular flexibility index (Phi) is 8.14. The summed E-state index contributed by atoms with van der Waals surface area (Å²) in [6.45, 7) is 8.64. The number of nitrogens with one attached hydrogen (secondary N) is 1. The fourth-order valence-electron chi connectivity index (χ4n) is 3.86.